The Morgan fingerprint density at radius 2 is 1.37 bits per heavy atom. The van der Waals surface area contributed by atoms with Crippen LogP contribution in [0, 0.1) is 0 Å². The van der Waals surface area contributed by atoms with E-state index in [2.05, 4.69) is 10.6 Å². The van der Waals surface area contributed by atoms with Crippen molar-refractivity contribution in [2.75, 3.05) is 20.8 Å². The lowest BCUT2D eigenvalue weighted by molar-refractivity contribution is -0.120. The van der Waals surface area contributed by atoms with Crippen molar-refractivity contribution in [2.24, 2.45) is 0 Å². The molecule has 0 bridgehead atoms. The van der Waals surface area contributed by atoms with Crippen LogP contribution in [0.1, 0.15) is 27.5 Å². The van der Waals surface area contributed by atoms with Crippen LogP contribution in [0.4, 0.5) is 0 Å². The number of carbonyl (C=O) groups excluding carboxylic acids is 2. The summed E-state index contributed by atoms with van der Waals surface area (Å²) in [6.45, 7) is -0.149. The lowest BCUT2D eigenvalue weighted by Crippen LogP contribution is -2.39. The highest BCUT2D eigenvalue weighted by molar-refractivity contribution is 5.97. The third kappa shape index (κ3) is 5.17. The zero-order valence-corrected chi connectivity index (χ0v) is 16.9. The molecule has 0 spiro atoms. The predicted octanol–water partition coefficient (Wildman–Crippen LogP) is 3.34. The van der Waals surface area contributed by atoms with E-state index in [1.807, 2.05) is 60.7 Å². The third-order valence-electron chi connectivity index (χ3n) is 4.63. The number of rotatable bonds is 8. The van der Waals surface area contributed by atoms with Crippen LogP contribution in [-0.2, 0) is 4.79 Å². The molecule has 2 amide bonds. The minimum atomic E-state index is -0.373. The van der Waals surface area contributed by atoms with Gasteiger partial charge in [0, 0.05) is 5.56 Å². The quantitative estimate of drug-likeness (QED) is 0.604. The molecule has 3 aromatic carbocycles. The van der Waals surface area contributed by atoms with E-state index in [-0.39, 0.29) is 24.4 Å². The summed E-state index contributed by atoms with van der Waals surface area (Å²) in [6, 6.07) is 23.9. The van der Waals surface area contributed by atoms with Crippen LogP contribution < -0.4 is 20.1 Å². The highest BCUT2D eigenvalue weighted by Gasteiger charge is 2.17. The standard InChI is InChI=1S/C24H24N2O4/c1-29-20-14-13-19(15-21(20)30-2)24(28)25-16-22(27)26-23(17-9-5-3-6-10-17)18-11-7-4-8-12-18/h3-15,23H,16H2,1-2H3,(H,25,28)(H,26,27). The normalized spacial score (nSPS) is 10.4. The molecule has 0 aliphatic heterocycles. The molecule has 30 heavy (non-hydrogen) atoms. The summed E-state index contributed by atoms with van der Waals surface area (Å²) in [5, 5.41) is 5.65. The second-order valence-electron chi connectivity index (χ2n) is 6.57. The molecule has 0 aromatic heterocycles. The fourth-order valence-corrected chi connectivity index (χ4v) is 3.10. The van der Waals surface area contributed by atoms with Gasteiger partial charge in [-0.3, -0.25) is 9.59 Å². The highest BCUT2D eigenvalue weighted by Crippen LogP contribution is 2.27. The van der Waals surface area contributed by atoms with Gasteiger partial charge in [-0.25, -0.2) is 0 Å². The van der Waals surface area contributed by atoms with Crippen LogP contribution >= 0.6 is 0 Å². The Hall–Kier alpha value is -3.80. The monoisotopic (exact) mass is 404 g/mol. The third-order valence-corrected chi connectivity index (χ3v) is 4.63. The molecule has 0 saturated heterocycles. The first-order valence-electron chi connectivity index (χ1n) is 9.52. The zero-order chi connectivity index (χ0) is 21.3. The van der Waals surface area contributed by atoms with Crippen molar-refractivity contribution in [1.29, 1.82) is 0 Å². The van der Waals surface area contributed by atoms with Crippen molar-refractivity contribution in [3.8, 4) is 11.5 Å². The van der Waals surface area contributed by atoms with Crippen molar-refractivity contribution in [2.45, 2.75) is 6.04 Å². The molecule has 3 rings (SSSR count). The minimum absolute atomic E-state index is 0.149. The smallest absolute Gasteiger partial charge is 0.251 e. The SMILES string of the molecule is COc1ccc(C(=O)NCC(=O)NC(c2ccccc2)c2ccccc2)cc1OC. The number of amides is 2. The van der Waals surface area contributed by atoms with Crippen molar-refractivity contribution < 1.29 is 19.1 Å². The van der Waals surface area contributed by atoms with Crippen LogP contribution in [0.5, 0.6) is 11.5 Å². The first kappa shape index (κ1) is 20.9. The maximum absolute atomic E-state index is 12.6. The first-order chi connectivity index (χ1) is 14.6. The van der Waals surface area contributed by atoms with Gasteiger partial charge in [0.1, 0.15) is 0 Å². The fourth-order valence-electron chi connectivity index (χ4n) is 3.10. The number of benzene rings is 3. The van der Waals surface area contributed by atoms with Gasteiger partial charge in [-0.05, 0) is 29.3 Å². The van der Waals surface area contributed by atoms with Crippen molar-refractivity contribution in [3.63, 3.8) is 0 Å². The summed E-state index contributed by atoms with van der Waals surface area (Å²) in [7, 11) is 3.03. The van der Waals surface area contributed by atoms with Crippen LogP contribution in [-0.4, -0.2) is 32.6 Å². The summed E-state index contributed by atoms with van der Waals surface area (Å²) < 4.78 is 10.4. The maximum Gasteiger partial charge on any atom is 0.251 e. The second-order valence-corrected chi connectivity index (χ2v) is 6.57. The Balaban J connectivity index is 1.67. The lowest BCUT2D eigenvalue weighted by atomic mass is 9.99. The summed E-state index contributed by atoms with van der Waals surface area (Å²) in [5.74, 6) is 0.312. The Morgan fingerprint density at radius 1 is 0.800 bits per heavy atom. The molecular weight excluding hydrogens is 380 g/mol. The Labute approximate surface area is 175 Å². The van der Waals surface area contributed by atoms with Gasteiger partial charge >= 0.3 is 0 Å². The van der Waals surface area contributed by atoms with E-state index in [4.69, 9.17) is 9.47 Å². The van der Waals surface area contributed by atoms with Crippen LogP contribution in [0.2, 0.25) is 0 Å². The van der Waals surface area contributed by atoms with E-state index in [1.54, 1.807) is 18.2 Å². The average molecular weight is 404 g/mol. The molecule has 0 radical (unpaired) electrons. The van der Waals surface area contributed by atoms with E-state index in [9.17, 15) is 9.59 Å². The van der Waals surface area contributed by atoms with Gasteiger partial charge < -0.3 is 20.1 Å². The molecular formula is C24H24N2O4. The molecule has 0 fully saturated rings. The molecule has 3 aromatic rings. The number of hydrogen-bond donors (Lipinski definition) is 2. The molecule has 0 unspecified atom stereocenters. The van der Waals surface area contributed by atoms with E-state index >= 15 is 0 Å². The highest BCUT2D eigenvalue weighted by atomic mass is 16.5. The predicted molar refractivity (Wildman–Crippen MR) is 115 cm³/mol. The summed E-state index contributed by atoms with van der Waals surface area (Å²) in [5.41, 5.74) is 2.30. The van der Waals surface area contributed by atoms with Gasteiger partial charge in [-0.15, -0.1) is 0 Å². The van der Waals surface area contributed by atoms with Crippen LogP contribution in [0.25, 0.3) is 0 Å². The lowest BCUT2D eigenvalue weighted by Gasteiger charge is -2.20. The molecule has 0 aliphatic carbocycles. The Kier molecular flexibility index (Phi) is 7.05. The molecule has 0 saturated carbocycles. The number of carbonyl (C=O) groups is 2. The fraction of sp³-hybridized carbons (Fsp3) is 0.167. The van der Waals surface area contributed by atoms with Gasteiger partial charge in [0.25, 0.3) is 5.91 Å². The van der Waals surface area contributed by atoms with E-state index in [0.29, 0.717) is 17.1 Å². The Morgan fingerprint density at radius 3 is 1.90 bits per heavy atom. The van der Waals surface area contributed by atoms with E-state index < -0.39 is 0 Å². The molecule has 0 atom stereocenters. The number of methoxy groups -OCH3 is 2. The van der Waals surface area contributed by atoms with Gasteiger partial charge in [0.2, 0.25) is 5.91 Å². The van der Waals surface area contributed by atoms with Crippen LogP contribution in [0.15, 0.2) is 78.9 Å². The molecule has 154 valence electrons. The van der Waals surface area contributed by atoms with Gasteiger partial charge in [-0.1, -0.05) is 60.7 Å². The minimum Gasteiger partial charge on any atom is -0.493 e. The maximum atomic E-state index is 12.6. The summed E-state index contributed by atoms with van der Waals surface area (Å²) >= 11 is 0. The van der Waals surface area contributed by atoms with Crippen molar-refractivity contribution >= 4 is 11.8 Å². The van der Waals surface area contributed by atoms with Crippen LogP contribution in [0.3, 0.4) is 0 Å². The summed E-state index contributed by atoms with van der Waals surface area (Å²) in [4.78, 5) is 25.0. The molecule has 0 heterocycles. The van der Waals surface area contributed by atoms with Gasteiger partial charge in [-0.2, -0.15) is 0 Å². The Bertz CT molecular complexity index is 951. The first-order valence-corrected chi connectivity index (χ1v) is 9.52. The van der Waals surface area contributed by atoms with E-state index in [0.717, 1.165) is 11.1 Å². The van der Waals surface area contributed by atoms with Crippen molar-refractivity contribution in [3.05, 3.63) is 95.6 Å². The molecule has 6 nitrogen and oxygen atoms in total. The zero-order valence-electron chi connectivity index (χ0n) is 16.9. The topological polar surface area (TPSA) is 76.7 Å². The summed E-state index contributed by atoms with van der Waals surface area (Å²) in [6.07, 6.45) is 0. The second kappa shape index (κ2) is 10.1. The van der Waals surface area contributed by atoms with Gasteiger partial charge in [0.05, 0.1) is 26.8 Å². The number of ether oxygens (including phenoxy) is 2. The number of hydrogen-bond acceptors (Lipinski definition) is 4. The molecule has 6 heteroatoms. The largest absolute Gasteiger partial charge is 0.493 e. The van der Waals surface area contributed by atoms with Crippen molar-refractivity contribution in [1.82, 2.24) is 10.6 Å². The van der Waals surface area contributed by atoms with Gasteiger partial charge in [0.15, 0.2) is 11.5 Å². The molecule has 2 N–H and O–H groups in total. The van der Waals surface area contributed by atoms with E-state index in [1.165, 1.54) is 14.2 Å². The molecule has 0 aliphatic rings. The average Bonchev–Trinajstić information content (AvgIpc) is 2.81. The number of nitrogens with one attached hydrogen (secondary N) is 2.